The van der Waals surface area contributed by atoms with Crippen LogP contribution in [0.1, 0.15) is 28.8 Å². The highest BCUT2D eigenvalue weighted by molar-refractivity contribution is 5.95. The monoisotopic (exact) mass is 249 g/mol. The molecule has 0 radical (unpaired) electrons. The third-order valence-electron chi connectivity index (χ3n) is 3.39. The van der Waals surface area contributed by atoms with E-state index in [-0.39, 0.29) is 5.91 Å². The van der Waals surface area contributed by atoms with Gasteiger partial charge in [0.1, 0.15) is 11.5 Å². The van der Waals surface area contributed by atoms with Crippen LogP contribution in [0.4, 0.5) is 0 Å². The summed E-state index contributed by atoms with van der Waals surface area (Å²) in [6.45, 7) is 3.61. The van der Waals surface area contributed by atoms with Crippen LogP contribution in [-0.4, -0.2) is 38.1 Å². The summed E-state index contributed by atoms with van der Waals surface area (Å²) < 4.78 is 10.6. The minimum Gasteiger partial charge on any atom is -0.496 e. The third-order valence-corrected chi connectivity index (χ3v) is 3.39. The number of likely N-dealkylation sites (tertiary alicyclic amines) is 1. The van der Waals surface area contributed by atoms with Crippen LogP contribution in [0.3, 0.4) is 0 Å². The second kappa shape index (κ2) is 5.29. The zero-order valence-electron chi connectivity index (χ0n) is 11.2. The lowest BCUT2D eigenvalue weighted by atomic mass is 10.1. The van der Waals surface area contributed by atoms with Gasteiger partial charge in [-0.2, -0.15) is 0 Å². The van der Waals surface area contributed by atoms with Gasteiger partial charge in [0.15, 0.2) is 0 Å². The van der Waals surface area contributed by atoms with Gasteiger partial charge in [-0.3, -0.25) is 4.79 Å². The Morgan fingerprint density at radius 1 is 1.11 bits per heavy atom. The standard InChI is InChI=1S/C14H19NO3/c1-10-12(17-2)8-11(9-13(10)18-3)14(16)15-6-4-5-7-15/h8-9H,4-7H2,1-3H3. The van der Waals surface area contributed by atoms with Gasteiger partial charge in [-0.15, -0.1) is 0 Å². The first-order chi connectivity index (χ1) is 8.67. The number of rotatable bonds is 3. The van der Waals surface area contributed by atoms with Crippen molar-refractivity contribution >= 4 is 5.91 Å². The first kappa shape index (κ1) is 12.7. The minimum absolute atomic E-state index is 0.0594. The second-order valence-electron chi connectivity index (χ2n) is 4.51. The molecular weight excluding hydrogens is 230 g/mol. The zero-order valence-corrected chi connectivity index (χ0v) is 11.2. The molecule has 1 fully saturated rings. The molecule has 0 spiro atoms. The predicted octanol–water partition coefficient (Wildman–Crippen LogP) is 2.25. The number of carbonyl (C=O) groups is 1. The Labute approximate surface area is 107 Å². The molecule has 1 aliphatic heterocycles. The smallest absolute Gasteiger partial charge is 0.254 e. The number of benzene rings is 1. The van der Waals surface area contributed by atoms with Gasteiger partial charge >= 0.3 is 0 Å². The molecular formula is C14H19NO3. The molecule has 0 saturated carbocycles. The average molecular weight is 249 g/mol. The lowest BCUT2D eigenvalue weighted by Gasteiger charge is -2.17. The molecule has 18 heavy (non-hydrogen) atoms. The van der Waals surface area contributed by atoms with Gasteiger partial charge in [0.2, 0.25) is 0 Å². The Kier molecular flexibility index (Phi) is 3.75. The number of carbonyl (C=O) groups excluding carboxylic acids is 1. The summed E-state index contributed by atoms with van der Waals surface area (Å²) in [6.07, 6.45) is 2.18. The van der Waals surface area contributed by atoms with Gasteiger partial charge < -0.3 is 14.4 Å². The van der Waals surface area contributed by atoms with E-state index >= 15 is 0 Å². The van der Waals surface area contributed by atoms with Crippen LogP contribution in [-0.2, 0) is 0 Å². The Bertz CT molecular complexity index is 425. The summed E-state index contributed by atoms with van der Waals surface area (Å²) in [6, 6.07) is 3.58. The molecule has 1 amide bonds. The highest BCUT2D eigenvalue weighted by Gasteiger charge is 2.21. The average Bonchev–Trinajstić information content (AvgIpc) is 2.92. The molecule has 4 heteroatoms. The van der Waals surface area contributed by atoms with E-state index in [1.165, 1.54) is 0 Å². The second-order valence-corrected chi connectivity index (χ2v) is 4.51. The van der Waals surface area contributed by atoms with Crippen molar-refractivity contribution in [2.75, 3.05) is 27.3 Å². The molecule has 1 heterocycles. The van der Waals surface area contributed by atoms with Crippen molar-refractivity contribution < 1.29 is 14.3 Å². The van der Waals surface area contributed by atoms with Crippen molar-refractivity contribution in [1.29, 1.82) is 0 Å². The molecule has 0 aliphatic carbocycles. The number of nitrogens with zero attached hydrogens (tertiary/aromatic N) is 1. The SMILES string of the molecule is COc1cc(C(=O)N2CCCC2)cc(OC)c1C. The number of amides is 1. The van der Waals surface area contributed by atoms with Gasteiger partial charge in [0, 0.05) is 24.2 Å². The quantitative estimate of drug-likeness (QED) is 0.824. The highest BCUT2D eigenvalue weighted by atomic mass is 16.5. The lowest BCUT2D eigenvalue weighted by molar-refractivity contribution is 0.0792. The van der Waals surface area contributed by atoms with Crippen molar-refractivity contribution in [1.82, 2.24) is 4.90 Å². The summed E-state index contributed by atoms with van der Waals surface area (Å²) >= 11 is 0. The van der Waals surface area contributed by atoms with E-state index in [9.17, 15) is 4.79 Å². The molecule has 0 unspecified atom stereocenters. The first-order valence-electron chi connectivity index (χ1n) is 6.19. The maximum absolute atomic E-state index is 12.3. The largest absolute Gasteiger partial charge is 0.496 e. The van der Waals surface area contributed by atoms with Gasteiger partial charge in [-0.05, 0) is 31.9 Å². The van der Waals surface area contributed by atoms with E-state index in [4.69, 9.17) is 9.47 Å². The van der Waals surface area contributed by atoms with Crippen molar-refractivity contribution in [2.24, 2.45) is 0 Å². The van der Waals surface area contributed by atoms with Crippen LogP contribution in [0, 0.1) is 6.92 Å². The maximum Gasteiger partial charge on any atom is 0.254 e. The van der Waals surface area contributed by atoms with E-state index < -0.39 is 0 Å². The van der Waals surface area contributed by atoms with Crippen LogP contribution in [0.15, 0.2) is 12.1 Å². The van der Waals surface area contributed by atoms with Crippen molar-refractivity contribution in [3.05, 3.63) is 23.3 Å². The molecule has 2 rings (SSSR count). The molecule has 4 nitrogen and oxygen atoms in total. The molecule has 1 aliphatic rings. The third kappa shape index (κ3) is 2.28. The topological polar surface area (TPSA) is 38.8 Å². The number of methoxy groups -OCH3 is 2. The molecule has 0 bridgehead atoms. The number of hydrogen-bond acceptors (Lipinski definition) is 3. The van der Waals surface area contributed by atoms with Crippen molar-refractivity contribution in [3.8, 4) is 11.5 Å². The molecule has 98 valence electrons. The summed E-state index contributed by atoms with van der Waals surface area (Å²) in [4.78, 5) is 14.2. The summed E-state index contributed by atoms with van der Waals surface area (Å²) in [5.41, 5.74) is 1.55. The number of ether oxygens (including phenoxy) is 2. The molecule has 0 aromatic heterocycles. The van der Waals surface area contributed by atoms with Gasteiger partial charge in [-0.25, -0.2) is 0 Å². The van der Waals surface area contributed by atoms with Gasteiger partial charge in [0.05, 0.1) is 14.2 Å². The Morgan fingerprint density at radius 2 is 1.61 bits per heavy atom. The Morgan fingerprint density at radius 3 is 2.06 bits per heavy atom. The maximum atomic E-state index is 12.3. The summed E-state index contributed by atoms with van der Waals surface area (Å²) in [5.74, 6) is 1.44. The van der Waals surface area contributed by atoms with E-state index in [0.717, 1.165) is 31.5 Å². The highest BCUT2D eigenvalue weighted by Crippen LogP contribution is 2.30. The van der Waals surface area contributed by atoms with Crippen LogP contribution in [0.2, 0.25) is 0 Å². The number of hydrogen-bond donors (Lipinski definition) is 0. The summed E-state index contributed by atoms with van der Waals surface area (Å²) in [5, 5.41) is 0. The zero-order chi connectivity index (χ0) is 13.1. The van der Waals surface area contributed by atoms with Crippen LogP contribution in [0.25, 0.3) is 0 Å². The van der Waals surface area contributed by atoms with E-state index in [1.54, 1.807) is 26.4 Å². The fourth-order valence-corrected chi connectivity index (χ4v) is 2.31. The predicted molar refractivity (Wildman–Crippen MR) is 69.4 cm³/mol. The molecule has 1 aromatic carbocycles. The molecule has 0 atom stereocenters. The Balaban J connectivity index is 2.35. The van der Waals surface area contributed by atoms with Crippen LogP contribution >= 0.6 is 0 Å². The van der Waals surface area contributed by atoms with Crippen LogP contribution in [0.5, 0.6) is 11.5 Å². The van der Waals surface area contributed by atoms with Crippen molar-refractivity contribution in [2.45, 2.75) is 19.8 Å². The lowest BCUT2D eigenvalue weighted by Crippen LogP contribution is -2.27. The fraction of sp³-hybridized carbons (Fsp3) is 0.500. The summed E-state index contributed by atoms with van der Waals surface area (Å²) in [7, 11) is 3.21. The molecule has 1 aromatic rings. The van der Waals surface area contributed by atoms with Gasteiger partial charge in [0.25, 0.3) is 5.91 Å². The fourth-order valence-electron chi connectivity index (χ4n) is 2.31. The van der Waals surface area contributed by atoms with Gasteiger partial charge in [-0.1, -0.05) is 0 Å². The van der Waals surface area contributed by atoms with E-state index in [2.05, 4.69) is 0 Å². The molecule has 0 N–H and O–H groups in total. The van der Waals surface area contributed by atoms with Crippen LogP contribution < -0.4 is 9.47 Å². The van der Waals surface area contributed by atoms with E-state index in [1.807, 2.05) is 11.8 Å². The normalized spacial score (nSPS) is 14.7. The van der Waals surface area contributed by atoms with E-state index in [0.29, 0.717) is 17.1 Å². The first-order valence-corrected chi connectivity index (χ1v) is 6.19. The minimum atomic E-state index is 0.0594. The van der Waals surface area contributed by atoms with Crippen molar-refractivity contribution in [3.63, 3.8) is 0 Å². The molecule has 1 saturated heterocycles. The Hall–Kier alpha value is -1.71.